The molecule has 16 nitrogen and oxygen atoms in total. The number of ether oxygens (including phenoxy) is 5. The second-order valence-electron chi connectivity index (χ2n) is 14.2. The lowest BCUT2D eigenvalue weighted by Crippen LogP contribution is -2.47. The average Bonchev–Trinajstić information content (AvgIpc) is 3.79. The van der Waals surface area contributed by atoms with E-state index < -0.39 is 51.5 Å². The average molecular weight is 833 g/mol. The van der Waals surface area contributed by atoms with Gasteiger partial charge in [0.05, 0.1) is 38.7 Å². The molecule has 2 fully saturated rings. The number of aromatic amines is 1. The van der Waals surface area contributed by atoms with Crippen molar-refractivity contribution in [3.05, 3.63) is 112 Å². The highest BCUT2D eigenvalue weighted by molar-refractivity contribution is 7.91. The standard InChI is InChI=1S/C40H44N6O10S2/c1-24(2)35(48)43-38-42-34-31(36(49)44-38)41-23-46(34)37-33(56-39(57)45-18-20-58(50,51)21-19-45)32(47)30(55-37)22-54-40(25-8-6-5-7-9-25,26-10-14-28(52-3)15-11-26)27-12-16-29(53-4)17-13-27/h5-17,23-24,30,32-33,37,47H,18-22H2,1-4H3,(H2,42,43,44,48,49)/t30-,32?,33?,37-/m1/s1. The van der Waals surface area contributed by atoms with E-state index in [2.05, 4.69) is 20.3 Å². The van der Waals surface area contributed by atoms with Gasteiger partial charge in [0.2, 0.25) is 11.9 Å². The zero-order valence-corrected chi connectivity index (χ0v) is 33.9. The molecular weight excluding hydrogens is 789 g/mol. The Kier molecular flexibility index (Phi) is 11.8. The fourth-order valence-corrected chi connectivity index (χ4v) is 8.50. The molecule has 2 unspecified atom stereocenters. The van der Waals surface area contributed by atoms with E-state index in [0.717, 1.165) is 16.7 Å². The number of aliphatic hydroxyl groups excluding tert-OH is 1. The molecule has 3 aromatic carbocycles. The molecule has 2 saturated heterocycles. The molecule has 0 bridgehead atoms. The molecule has 1 amide bonds. The SMILES string of the molecule is COc1ccc(C(OC[C@H]2O[C@@H](n3cnc4c(=O)[nH]c(NC(=O)C(C)C)nc43)C(OC(=S)N3CCS(=O)(=O)CC3)C2O)(c2ccccc2)c2ccc(OC)cc2)cc1. The van der Waals surface area contributed by atoms with Crippen molar-refractivity contribution in [1.82, 2.24) is 24.4 Å². The van der Waals surface area contributed by atoms with Gasteiger partial charge in [0.15, 0.2) is 33.3 Å². The number of nitrogens with one attached hydrogen (secondary N) is 2. The maximum absolute atomic E-state index is 13.2. The maximum Gasteiger partial charge on any atom is 0.280 e. The van der Waals surface area contributed by atoms with Crippen molar-refractivity contribution < 1.29 is 42.0 Å². The van der Waals surface area contributed by atoms with Gasteiger partial charge < -0.3 is 33.7 Å². The minimum absolute atomic E-state index is 0.0377. The number of hydrogen-bond acceptors (Lipinski definition) is 13. The first kappa shape index (κ1) is 40.8. The van der Waals surface area contributed by atoms with Crippen LogP contribution in [0.3, 0.4) is 0 Å². The van der Waals surface area contributed by atoms with Gasteiger partial charge in [-0.1, -0.05) is 68.4 Å². The van der Waals surface area contributed by atoms with Gasteiger partial charge >= 0.3 is 0 Å². The Morgan fingerprint density at radius 2 is 1.57 bits per heavy atom. The summed E-state index contributed by atoms with van der Waals surface area (Å²) in [6.07, 6.45) is -3.54. The van der Waals surface area contributed by atoms with Crippen molar-refractivity contribution in [2.75, 3.05) is 50.7 Å². The lowest BCUT2D eigenvalue weighted by molar-refractivity contribution is -0.118. The summed E-state index contributed by atoms with van der Waals surface area (Å²) in [5, 5.41) is 14.7. The summed E-state index contributed by atoms with van der Waals surface area (Å²) < 4.78 is 56.8. The molecule has 4 atom stereocenters. The Labute approximate surface area is 340 Å². The van der Waals surface area contributed by atoms with Crippen LogP contribution in [0.4, 0.5) is 5.95 Å². The molecule has 0 radical (unpaired) electrons. The number of carbonyl (C=O) groups excluding carboxylic acids is 1. The summed E-state index contributed by atoms with van der Waals surface area (Å²) in [4.78, 5) is 38.7. The van der Waals surface area contributed by atoms with E-state index in [-0.39, 0.29) is 59.4 Å². The Balaban J connectivity index is 1.28. The number of benzene rings is 3. The molecule has 18 heteroatoms. The van der Waals surface area contributed by atoms with Gasteiger partial charge in [-0.15, -0.1) is 0 Å². The summed E-state index contributed by atoms with van der Waals surface area (Å²) in [6, 6.07) is 24.6. The number of imidazole rings is 1. The van der Waals surface area contributed by atoms with Crippen molar-refractivity contribution in [2.24, 2.45) is 5.92 Å². The van der Waals surface area contributed by atoms with E-state index in [4.69, 9.17) is 35.9 Å². The van der Waals surface area contributed by atoms with Crippen LogP contribution in [-0.2, 0) is 34.4 Å². The second kappa shape index (κ2) is 16.8. The predicted molar refractivity (Wildman–Crippen MR) is 217 cm³/mol. The van der Waals surface area contributed by atoms with Gasteiger partial charge in [-0.2, -0.15) is 4.98 Å². The van der Waals surface area contributed by atoms with E-state index in [9.17, 15) is 23.1 Å². The molecule has 4 heterocycles. The fraction of sp³-hybridized carbons (Fsp3) is 0.375. The number of aliphatic hydroxyl groups is 1. The lowest BCUT2D eigenvalue weighted by atomic mass is 9.80. The molecule has 7 rings (SSSR count). The topological polar surface area (TPSA) is 196 Å². The molecule has 58 heavy (non-hydrogen) atoms. The molecule has 306 valence electrons. The monoisotopic (exact) mass is 832 g/mol. The lowest BCUT2D eigenvalue weighted by Gasteiger charge is -2.37. The number of rotatable bonds is 12. The minimum atomic E-state index is -3.23. The van der Waals surface area contributed by atoms with E-state index in [1.165, 1.54) is 10.9 Å². The smallest absolute Gasteiger partial charge is 0.280 e. The molecule has 3 N–H and O–H groups in total. The van der Waals surface area contributed by atoms with Gasteiger partial charge in [0.1, 0.15) is 29.3 Å². The van der Waals surface area contributed by atoms with E-state index in [0.29, 0.717) is 11.5 Å². The van der Waals surface area contributed by atoms with Crippen LogP contribution < -0.4 is 20.3 Å². The number of methoxy groups -OCH3 is 2. The quantitative estimate of drug-likeness (QED) is 0.122. The molecule has 0 spiro atoms. The highest BCUT2D eigenvalue weighted by Gasteiger charge is 2.50. The Morgan fingerprint density at radius 3 is 2.14 bits per heavy atom. The molecular formula is C40H44N6O10S2. The summed E-state index contributed by atoms with van der Waals surface area (Å²) in [7, 11) is -0.0578. The number of fused-ring (bicyclic) bond motifs is 1. The fourth-order valence-electron chi connectivity index (χ4n) is 7.01. The van der Waals surface area contributed by atoms with Crippen LogP contribution in [0.1, 0.15) is 36.8 Å². The van der Waals surface area contributed by atoms with Crippen LogP contribution >= 0.6 is 12.2 Å². The number of nitrogens with zero attached hydrogens (tertiary/aromatic N) is 4. The third kappa shape index (κ3) is 8.15. The van der Waals surface area contributed by atoms with Crippen molar-refractivity contribution in [2.45, 2.75) is 44.0 Å². The maximum atomic E-state index is 13.2. The van der Waals surface area contributed by atoms with E-state index in [1.807, 2.05) is 78.9 Å². The molecule has 2 aliphatic rings. The molecule has 2 aromatic heterocycles. The third-order valence-corrected chi connectivity index (χ3v) is 12.2. The number of aromatic nitrogens is 4. The second-order valence-corrected chi connectivity index (χ2v) is 16.9. The van der Waals surface area contributed by atoms with Crippen molar-refractivity contribution in [3.8, 4) is 11.5 Å². The number of hydrogen-bond donors (Lipinski definition) is 3. The highest BCUT2D eigenvalue weighted by Crippen LogP contribution is 2.43. The predicted octanol–water partition coefficient (Wildman–Crippen LogP) is 3.40. The molecule has 2 aliphatic heterocycles. The van der Waals surface area contributed by atoms with E-state index in [1.54, 1.807) is 33.0 Å². The number of anilines is 1. The first-order valence-corrected chi connectivity index (χ1v) is 20.8. The summed E-state index contributed by atoms with van der Waals surface area (Å²) >= 11 is 5.67. The van der Waals surface area contributed by atoms with Crippen molar-refractivity contribution >= 4 is 50.2 Å². The molecule has 0 saturated carbocycles. The van der Waals surface area contributed by atoms with Crippen LogP contribution in [0.25, 0.3) is 11.2 Å². The van der Waals surface area contributed by atoms with E-state index >= 15 is 0 Å². The largest absolute Gasteiger partial charge is 0.497 e. The number of carbonyl (C=O) groups is 1. The Bertz CT molecular complexity index is 2360. The van der Waals surface area contributed by atoms with Gasteiger partial charge in [0, 0.05) is 19.0 Å². The number of sulfone groups is 1. The summed E-state index contributed by atoms with van der Waals surface area (Å²) in [5.41, 5.74) is 0.404. The zero-order chi connectivity index (χ0) is 41.2. The first-order valence-electron chi connectivity index (χ1n) is 18.6. The third-order valence-electron chi connectivity index (χ3n) is 10.3. The van der Waals surface area contributed by atoms with Gasteiger partial charge in [0.25, 0.3) is 10.7 Å². The minimum Gasteiger partial charge on any atom is -0.497 e. The van der Waals surface area contributed by atoms with Crippen LogP contribution in [-0.4, -0.2) is 113 Å². The van der Waals surface area contributed by atoms with Gasteiger partial charge in [-0.05, 0) is 53.2 Å². The number of H-pyrrole nitrogens is 1. The van der Waals surface area contributed by atoms with Crippen molar-refractivity contribution in [3.63, 3.8) is 0 Å². The zero-order valence-electron chi connectivity index (χ0n) is 32.2. The first-order chi connectivity index (χ1) is 27.8. The van der Waals surface area contributed by atoms with Gasteiger partial charge in [-0.25, -0.2) is 13.4 Å². The Morgan fingerprint density at radius 1 is 0.983 bits per heavy atom. The van der Waals surface area contributed by atoms with Crippen LogP contribution in [0.15, 0.2) is 90.0 Å². The summed E-state index contributed by atoms with van der Waals surface area (Å²) in [5.74, 6) is 0.195. The summed E-state index contributed by atoms with van der Waals surface area (Å²) in [6.45, 7) is 3.41. The molecule has 0 aliphatic carbocycles. The number of thiocarbonyl (C=S) groups is 1. The van der Waals surface area contributed by atoms with Crippen LogP contribution in [0, 0.1) is 5.92 Å². The normalized spacial score (nSPS) is 20.6. The Hall–Kier alpha value is -5.40. The number of amides is 1. The highest BCUT2D eigenvalue weighted by atomic mass is 32.2. The molecule has 5 aromatic rings. The van der Waals surface area contributed by atoms with Crippen LogP contribution in [0.2, 0.25) is 0 Å². The van der Waals surface area contributed by atoms with Crippen molar-refractivity contribution in [1.29, 1.82) is 0 Å². The van der Waals surface area contributed by atoms with Crippen LogP contribution in [0.5, 0.6) is 11.5 Å². The van der Waals surface area contributed by atoms with Gasteiger partial charge in [-0.3, -0.25) is 24.5 Å².